The molecule has 0 aromatic carbocycles. The molecule has 0 saturated carbocycles. The van der Waals surface area contributed by atoms with Gasteiger partial charge in [0.05, 0.1) is 5.02 Å². The molecule has 1 amide bonds. The van der Waals surface area contributed by atoms with E-state index in [2.05, 4.69) is 5.32 Å². The maximum Gasteiger partial charge on any atom is 0.303 e. The van der Waals surface area contributed by atoms with Gasteiger partial charge in [-0.2, -0.15) is 0 Å². The molecule has 0 radical (unpaired) electrons. The fraction of sp³-hybridized carbons (Fsp3) is 0.538. The Morgan fingerprint density at radius 1 is 1.47 bits per heavy atom. The van der Waals surface area contributed by atoms with Crippen molar-refractivity contribution in [3.05, 3.63) is 21.3 Å². The van der Waals surface area contributed by atoms with Crippen molar-refractivity contribution in [1.29, 1.82) is 0 Å². The van der Waals surface area contributed by atoms with Crippen molar-refractivity contribution in [2.24, 2.45) is 11.8 Å². The maximum absolute atomic E-state index is 11.9. The second-order valence-electron chi connectivity index (χ2n) is 4.90. The molecule has 0 bridgehead atoms. The number of hydrogen-bond acceptors (Lipinski definition) is 3. The molecule has 106 valence electrons. The van der Waals surface area contributed by atoms with Crippen LogP contribution in [0.5, 0.6) is 0 Å². The van der Waals surface area contributed by atoms with E-state index >= 15 is 0 Å². The van der Waals surface area contributed by atoms with E-state index in [1.807, 2.05) is 13.8 Å². The zero-order valence-corrected chi connectivity index (χ0v) is 12.6. The normalized spacial score (nSPS) is 12.4. The average Bonchev–Trinajstić information content (AvgIpc) is 2.70. The van der Waals surface area contributed by atoms with Crippen molar-refractivity contribution in [3.8, 4) is 0 Å². The molecule has 0 aliphatic carbocycles. The number of halogens is 1. The van der Waals surface area contributed by atoms with Crippen molar-refractivity contribution in [2.45, 2.75) is 26.7 Å². The standard InChI is InChI=1S/C13H18ClNO3S/c1-8(2)5-9(6-11(16)17)7-15-13(18)12-10(14)3-4-19-12/h3-4,8-9H,5-7H2,1-2H3,(H,15,18)(H,16,17). The summed E-state index contributed by atoms with van der Waals surface area (Å²) in [6.07, 6.45) is 0.835. The summed E-state index contributed by atoms with van der Waals surface area (Å²) in [5.41, 5.74) is 0. The van der Waals surface area contributed by atoms with Crippen LogP contribution in [0, 0.1) is 11.8 Å². The van der Waals surface area contributed by atoms with E-state index in [1.54, 1.807) is 11.4 Å². The molecular weight excluding hydrogens is 286 g/mol. The topological polar surface area (TPSA) is 66.4 Å². The Labute approximate surface area is 121 Å². The van der Waals surface area contributed by atoms with Gasteiger partial charge in [-0.05, 0) is 29.7 Å². The molecule has 0 fully saturated rings. The van der Waals surface area contributed by atoms with E-state index in [0.717, 1.165) is 6.42 Å². The van der Waals surface area contributed by atoms with Gasteiger partial charge in [-0.1, -0.05) is 25.4 Å². The third-order valence-electron chi connectivity index (χ3n) is 2.64. The second-order valence-corrected chi connectivity index (χ2v) is 6.22. The minimum Gasteiger partial charge on any atom is -0.481 e. The Balaban J connectivity index is 2.53. The first-order chi connectivity index (χ1) is 8.90. The number of hydrogen-bond donors (Lipinski definition) is 2. The summed E-state index contributed by atoms with van der Waals surface area (Å²) in [7, 11) is 0. The number of carboxylic acids is 1. The zero-order chi connectivity index (χ0) is 14.4. The third-order valence-corrected chi connectivity index (χ3v) is 3.98. The van der Waals surface area contributed by atoms with E-state index in [4.69, 9.17) is 16.7 Å². The summed E-state index contributed by atoms with van der Waals surface area (Å²) in [6, 6.07) is 1.67. The summed E-state index contributed by atoms with van der Waals surface area (Å²) < 4.78 is 0. The largest absolute Gasteiger partial charge is 0.481 e. The van der Waals surface area contributed by atoms with Gasteiger partial charge in [0.2, 0.25) is 0 Å². The monoisotopic (exact) mass is 303 g/mol. The molecule has 0 saturated heterocycles. The van der Waals surface area contributed by atoms with Crippen molar-refractivity contribution in [1.82, 2.24) is 5.32 Å². The summed E-state index contributed by atoms with van der Waals surface area (Å²) in [6.45, 7) is 4.43. The molecular formula is C13H18ClNO3S. The lowest BCUT2D eigenvalue weighted by molar-refractivity contribution is -0.138. The first-order valence-electron chi connectivity index (χ1n) is 6.13. The Morgan fingerprint density at radius 2 is 2.16 bits per heavy atom. The van der Waals surface area contributed by atoms with Gasteiger partial charge in [0, 0.05) is 13.0 Å². The number of rotatable bonds is 7. The predicted molar refractivity (Wildman–Crippen MR) is 76.9 cm³/mol. The van der Waals surface area contributed by atoms with E-state index in [9.17, 15) is 9.59 Å². The molecule has 0 aliphatic heterocycles. The Morgan fingerprint density at radius 3 is 2.63 bits per heavy atom. The van der Waals surface area contributed by atoms with Crippen LogP contribution in [0.4, 0.5) is 0 Å². The van der Waals surface area contributed by atoms with Gasteiger partial charge >= 0.3 is 5.97 Å². The third kappa shape index (κ3) is 5.61. The van der Waals surface area contributed by atoms with Crippen LogP contribution in [0.15, 0.2) is 11.4 Å². The van der Waals surface area contributed by atoms with Crippen LogP contribution in [0.3, 0.4) is 0 Å². The quantitative estimate of drug-likeness (QED) is 0.812. The summed E-state index contributed by atoms with van der Waals surface area (Å²) in [4.78, 5) is 23.1. The van der Waals surface area contributed by atoms with Crippen LogP contribution >= 0.6 is 22.9 Å². The highest BCUT2D eigenvalue weighted by Gasteiger charge is 2.18. The van der Waals surface area contributed by atoms with Crippen LogP contribution in [-0.2, 0) is 4.79 Å². The molecule has 1 rings (SSSR count). The maximum atomic E-state index is 11.9. The molecule has 19 heavy (non-hydrogen) atoms. The highest BCUT2D eigenvalue weighted by molar-refractivity contribution is 7.12. The Hall–Kier alpha value is -1.07. The number of aliphatic carboxylic acids is 1. The van der Waals surface area contributed by atoms with Gasteiger partial charge in [-0.25, -0.2) is 0 Å². The van der Waals surface area contributed by atoms with Crippen LogP contribution in [0.1, 0.15) is 36.4 Å². The van der Waals surface area contributed by atoms with Gasteiger partial charge in [0.1, 0.15) is 4.88 Å². The lowest BCUT2D eigenvalue weighted by Crippen LogP contribution is -2.30. The molecule has 6 heteroatoms. The summed E-state index contributed by atoms with van der Waals surface area (Å²) >= 11 is 7.15. The number of nitrogens with one attached hydrogen (secondary N) is 1. The fourth-order valence-corrected chi connectivity index (χ4v) is 2.98. The molecule has 1 heterocycles. The van der Waals surface area contributed by atoms with Gasteiger partial charge in [-0.15, -0.1) is 11.3 Å². The van der Waals surface area contributed by atoms with Crippen molar-refractivity contribution >= 4 is 34.8 Å². The second kappa shape index (κ2) is 7.50. The van der Waals surface area contributed by atoms with Crippen molar-refractivity contribution < 1.29 is 14.7 Å². The number of carboxylic acid groups (broad SMARTS) is 1. The van der Waals surface area contributed by atoms with Crippen LogP contribution in [0.25, 0.3) is 0 Å². The smallest absolute Gasteiger partial charge is 0.303 e. The molecule has 1 atom stereocenters. The molecule has 4 nitrogen and oxygen atoms in total. The number of amides is 1. The van der Waals surface area contributed by atoms with Crippen LogP contribution in [-0.4, -0.2) is 23.5 Å². The van der Waals surface area contributed by atoms with Crippen molar-refractivity contribution in [3.63, 3.8) is 0 Å². The van der Waals surface area contributed by atoms with Crippen LogP contribution in [0.2, 0.25) is 5.02 Å². The van der Waals surface area contributed by atoms with Gasteiger partial charge in [0.25, 0.3) is 5.91 Å². The Kier molecular flexibility index (Phi) is 6.31. The zero-order valence-electron chi connectivity index (χ0n) is 11.0. The van der Waals surface area contributed by atoms with Gasteiger partial charge in [0.15, 0.2) is 0 Å². The van der Waals surface area contributed by atoms with Crippen molar-refractivity contribution in [2.75, 3.05) is 6.54 Å². The lowest BCUT2D eigenvalue weighted by Gasteiger charge is -2.17. The minimum absolute atomic E-state index is 0.0554. The Bertz CT molecular complexity index is 445. The first-order valence-corrected chi connectivity index (χ1v) is 7.39. The molecule has 1 aromatic rings. The predicted octanol–water partition coefficient (Wildman–Crippen LogP) is 3.27. The summed E-state index contributed by atoms with van der Waals surface area (Å²) in [5, 5.41) is 13.8. The molecule has 0 spiro atoms. The van der Waals surface area contributed by atoms with Crippen LogP contribution < -0.4 is 5.32 Å². The lowest BCUT2D eigenvalue weighted by atomic mass is 9.94. The highest BCUT2D eigenvalue weighted by Crippen LogP contribution is 2.22. The molecule has 2 N–H and O–H groups in total. The minimum atomic E-state index is -0.839. The van der Waals surface area contributed by atoms with E-state index < -0.39 is 5.97 Å². The van der Waals surface area contributed by atoms with Gasteiger partial charge < -0.3 is 10.4 Å². The van der Waals surface area contributed by atoms with E-state index in [-0.39, 0.29) is 18.2 Å². The SMILES string of the molecule is CC(C)CC(CNC(=O)c1sccc1Cl)CC(=O)O. The average molecular weight is 304 g/mol. The molecule has 1 unspecified atom stereocenters. The summed E-state index contributed by atoms with van der Waals surface area (Å²) in [5.74, 6) is -0.736. The molecule has 0 aliphatic rings. The number of carbonyl (C=O) groups excluding carboxylic acids is 1. The highest BCUT2D eigenvalue weighted by atomic mass is 35.5. The van der Waals surface area contributed by atoms with Gasteiger partial charge in [-0.3, -0.25) is 9.59 Å². The number of thiophene rings is 1. The first kappa shape index (κ1) is 16.0. The fourth-order valence-electron chi connectivity index (χ4n) is 1.93. The van der Waals surface area contributed by atoms with E-state index in [0.29, 0.717) is 22.4 Å². The molecule has 1 aromatic heterocycles. The van der Waals surface area contributed by atoms with E-state index in [1.165, 1.54) is 11.3 Å². The number of carbonyl (C=O) groups is 2.